The van der Waals surface area contributed by atoms with Crippen molar-refractivity contribution in [2.45, 2.75) is 37.6 Å². The number of ether oxygens (including phenoxy) is 1. The second kappa shape index (κ2) is 5.72. The molecular weight excluding hydrogens is 361 g/mol. The van der Waals surface area contributed by atoms with Crippen LogP contribution in [0.3, 0.4) is 0 Å². The number of benzene rings is 1. The van der Waals surface area contributed by atoms with E-state index in [1.807, 2.05) is 6.92 Å². The highest BCUT2D eigenvalue weighted by Crippen LogP contribution is 2.38. The van der Waals surface area contributed by atoms with Crippen LogP contribution in [0.25, 0.3) is 0 Å². The highest BCUT2D eigenvalue weighted by Gasteiger charge is 2.36. The summed E-state index contributed by atoms with van der Waals surface area (Å²) in [6, 6.07) is 6.35. The maximum atomic E-state index is 10.6. The summed E-state index contributed by atoms with van der Waals surface area (Å²) < 4.78 is 6.74. The van der Waals surface area contributed by atoms with Gasteiger partial charge < -0.3 is 9.84 Å². The van der Waals surface area contributed by atoms with Crippen molar-refractivity contribution in [1.29, 1.82) is 0 Å². The maximum absolute atomic E-state index is 10.6. The van der Waals surface area contributed by atoms with E-state index in [9.17, 15) is 15.2 Å². The van der Waals surface area contributed by atoms with Crippen LogP contribution in [-0.4, -0.2) is 26.2 Å². The average molecular weight is 377 g/mol. The summed E-state index contributed by atoms with van der Waals surface area (Å²) in [7, 11) is 0. The van der Waals surface area contributed by atoms with Crippen molar-refractivity contribution < 1.29 is 14.8 Å². The van der Waals surface area contributed by atoms with E-state index in [0.717, 1.165) is 9.99 Å². The van der Waals surface area contributed by atoms with Crippen molar-refractivity contribution in [3.05, 3.63) is 39.9 Å². The Hall–Kier alpha value is -0.730. The number of nitro benzene ring substituents is 1. The number of nitrogens with zero attached hydrogens (tertiary/aromatic N) is 1. The van der Waals surface area contributed by atoms with E-state index in [0.29, 0.717) is 12.8 Å². The number of non-ortho nitro benzene ring substituents is 1. The van der Waals surface area contributed by atoms with Gasteiger partial charge in [0.15, 0.2) is 0 Å². The van der Waals surface area contributed by atoms with Crippen LogP contribution < -0.4 is 0 Å². The van der Waals surface area contributed by atoms with Crippen molar-refractivity contribution in [3.8, 4) is 0 Å². The number of nitro groups is 1. The van der Waals surface area contributed by atoms with Gasteiger partial charge in [0, 0.05) is 29.4 Å². The number of aliphatic hydroxyl groups is 1. The first kappa shape index (κ1) is 14.7. The smallest absolute Gasteiger partial charge is 0.269 e. The zero-order chi connectivity index (χ0) is 14.0. The van der Waals surface area contributed by atoms with Crippen LogP contribution in [0.2, 0.25) is 0 Å². The Bertz CT molecular complexity index is 460. The molecule has 2 rings (SSSR count). The third-order valence-electron chi connectivity index (χ3n) is 3.30. The number of alkyl halides is 1. The van der Waals surface area contributed by atoms with E-state index in [-0.39, 0.29) is 17.9 Å². The summed E-state index contributed by atoms with van der Waals surface area (Å²) >= 11 is 2.24. The van der Waals surface area contributed by atoms with Gasteiger partial charge in [-0.3, -0.25) is 10.1 Å². The Balaban J connectivity index is 2.18. The fourth-order valence-corrected chi connectivity index (χ4v) is 2.92. The van der Waals surface area contributed by atoms with E-state index >= 15 is 0 Å². The minimum atomic E-state index is -0.749. The average Bonchev–Trinajstić information content (AvgIpc) is 2.37. The first-order chi connectivity index (χ1) is 8.91. The number of halogens is 1. The molecule has 19 heavy (non-hydrogen) atoms. The molecule has 0 saturated carbocycles. The van der Waals surface area contributed by atoms with Gasteiger partial charge in [0.1, 0.15) is 0 Å². The Labute approximate surface area is 125 Å². The lowest BCUT2D eigenvalue weighted by Crippen LogP contribution is -2.40. The molecule has 0 aliphatic carbocycles. The van der Waals surface area contributed by atoms with Gasteiger partial charge in [-0.15, -0.1) is 0 Å². The highest BCUT2D eigenvalue weighted by atomic mass is 127. The monoisotopic (exact) mass is 377 g/mol. The minimum absolute atomic E-state index is 0.0181. The number of rotatable bonds is 3. The molecule has 0 aromatic heterocycles. The second-order valence-electron chi connectivity index (χ2n) is 5.15. The van der Waals surface area contributed by atoms with Gasteiger partial charge in [-0.05, 0) is 24.6 Å². The van der Waals surface area contributed by atoms with Crippen molar-refractivity contribution >= 4 is 28.3 Å². The molecule has 1 aliphatic rings. The van der Waals surface area contributed by atoms with E-state index < -0.39 is 10.5 Å². The number of hydrogen-bond donors (Lipinski definition) is 1. The predicted octanol–water partition coefficient (Wildman–Crippen LogP) is 3.00. The Morgan fingerprint density at radius 3 is 2.63 bits per heavy atom. The maximum Gasteiger partial charge on any atom is 0.269 e. The summed E-state index contributed by atoms with van der Waals surface area (Å²) in [4.78, 5) is 10.2. The molecule has 3 atom stereocenters. The molecule has 1 aromatic rings. The molecule has 0 bridgehead atoms. The van der Waals surface area contributed by atoms with Crippen molar-refractivity contribution in [2.75, 3.05) is 4.43 Å². The quantitative estimate of drug-likeness (QED) is 0.381. The topological polar surface area (TPSA) is 72.6 Å². The molecule has 5 nitrogen and oxygen atoms in total. The van der Waals surface area contributed by atoms with Crippen molar-refractivity contribution in [3.63, 3.8) is 0 Å². The number of hydrogen-bond acceptors (Lipinski definition) is 4. The first-order valence-corrected chi connectivity index (χ1v) is 7.62. The molecule has 1 aliphatic heterocycles. The molecule has 0 spiro atoms. The molecular formula is C13H16INO4. The molecule has 0 amide bonds. The summed E-state index contributed by atoms with van der Waals surface area (Å²) in [5.41, 5.74) is 0.192. The molecule has 104 valence electrons. The van der Waals surface area contributed by atoms with Crippen LogP contribution in [0.5, 0.6) is 0 Å². The molecule has 1 aromatic carbocycles. The molecule has 0 radical (unpaired) electrons. The van der Waals surface area contributed by atoms with Gasteiger partial charge >= 0.3 is 0 Å². The SMILES string of the molecule is C[C@]1(O)C[C@H](CI)O[C@@H](c2ccc([N+](=O)[O-])cc2)C1. The Kier molecular flexibility index (Phi) is 4.42. The van der Waals surface area contributed by atoms with Crippen LogP contribution in [0.15, 0.2) is 24.3 Å². The van der Waals surface area contributed by atoms with Gasteiger partial charge in [-0.2, -0.15) is 0 Å². The van der Waals surface area contributed by atoms with Crippen molar-refractivity contribution in [1.82, 2.24) is 0 Å². The highest BCUT2D eigenvalue weighted by molar-refractivity contribution is 14.1. The third kappa shape index (κ3) is 3.64. The largest absolute Gasteiger partial charge is 0.390 e. The van der Waals surface area contributed by atoms with Crippen LogP contribution in [0.4, 0.5) is 5.69 Å². The fraction of sp³-hybridized carbons (Fsp3) is 0.538. The van der Waals surface area contributed by atoms with Gasteiger partial charge in [0.25, 0.3) is 5.69 Å². The first-order valence-electron chi connectivity index (χ1n) is 6.09. The molecule has 0 unspecified atom stereocenters. The van der Waals surface area contributed by atoms with Crippen LogP contribution in [0.1, 0.15) is 31.4 Å². The molecule has 1 heterocycles. The predicted molar refractivity (Wildman–Crippen MR) is 79.5 cm³/mol. The standard InChI is InChI=1S/C13H16INO4/c1-13(16)6-11(8-14)19-12(7-13)9-2-4-10(5-3-9)15(17)18/h2-5,11-12,16H,6-8H2,1H3/t11-,12-,13+/m1/s1. The summed E-state index contributed by atoms with van der Waals surface area (Å²) in [6.45, 7) is 1.81. The Morgan fingerprint density at radius 1 is 1.47 bits per heavy atom. The zero-order valence-corrected chi connectivity index (χ0v) is 12.7. The van der Waals surface area contributed by atoms with E-state index in [4.69, 9.17) is 4.74 Å². The zero-order valence-electron chi connectivity index (χ0n) is 10.6. The normalized spacial score (nSPS) is 31.1. The van der Waals surface area contributed by atoms with Crippen LogP contribution in [0, 0.1) is 10.1 Å². The van der Waals surface area contributed by atoms with Crippen LogP contribution in [-0.2, 0) is 4.74 Å². The molecule has 1 fully saturated rings. The van der Waals surface area contributed by atoms with E-state index in [1.54, 1.807) is 12.1 Å². The molecule has 1 saturated heterocycles. The molecule has 6 heteroatoms. The van der Waals surface area contributed by atoms with E-state index in [1.165, 1.54) is 12.1 Å². The summed E-state index contributed by atoms with van der Waals surface area (Å²) in [5.74, 6) is 0. The lowest BCUT2D eigenvalue weighted by atomic mass is 9.86. The summed E-state index contributed by atoms with van der Waals surface area (Å²) in [5, 5.41) is 20.9. The minimum Gasteiger partial charge on any atom is -0.390 e. The fourth-order valence-electron chi connectivity index (χ4n) is 2.40. The Morgan fingerprint density at radius 2 is 2.11 bits per heavy atom. The summed E-state index contributed by atoms with van der Waals surface area (Å²) in [6.07, 6.45) is 0.950. The van der Waals surface area contributed by atoms with Crippen molar-refractivity contribution in [2.24, 2.45) is 0 Å². The van der Waals surface area contributed by atoms with Gasteiger partial charge in [0.05, 0.1) is 22.7 Å². The van der Waals surface area contributed by atoms with E-state index in [2.05, 4.69) is 22.6 Å². The van der Waals surface area contributed by atoms with Gasteiger partial charge in [0.2, 0.25) is 0 Å². The molecule has 1 N–H and O–H groups in total. The third-order valence-corrected chi connectivity index (χ3v) is 4.28. The van der Waals surface area contributed by atoms with Crippen LogP contribution >= 0.6 is 22.6 Å². The second-order valence-corrected chi connectivity index (χ2v) is 6.04. The lowest BCUT2D eigenvalue weighted by Gasteiger charge is -2.39. The van der Waals surface area contributed by atoms with Gasteiger partial charge in [-0.25, -0.2) is 0 Å². The lowest BCUT2D eigenvalue weighted by molar-refractivity contribution is -0.384. The van der Waals surface area contributed by atoms with Gasteiger partial charge in [-0.1, -0.05) is 22.6 Å².